The third-order valence-corrected chi connectivity index (χ3v) is 6.38. The van der Waals surface area contributed by atoms with Crippen LogP contribution in [-0.2, 0) is 24.4 Å². The molecule has 3 amide bonds. The van der Waals surface area contributed by atoms with E-state index in [0.29, 0.717) is 17.0 Å². The number of halogens is 4. The fourth-order valence-electron chi connectivity index (χ4n) is 4.44. The molecular weight excluding hydrogens is 514 g/mol. The molecule has 0 spiro atoms. The Bertz CT molecular complexity index is 1420. The molecule has 15 heteroatoms. The lowest BCUT2D eigenvalue weighted by Crippen LogP contribution is -2.55. The normalized spacial score (nSPS) is 15.3. The number of nitrogens with zero attached hydrogens (tertiary/aromatic N) is 6. The molecule has 11 nitrogen and oxygen atoms in total. The Hall–Kier alpha value is -4.56. The molecule has 0 unspecified atom stereocenters. The van der Waals surface area contributed by atoms with E-state index in [-0.39, 0.29) is 44.5 Å². The zero-order valence-electron chi connectivity index (χ0n) is 19.5. The van der Waals surface area contributed by atoms with Crippen LogP contribution in [0.2, 0.25) is 0 Å². The summed E-state index contributed by atoms with van der Waals surface area (Å²) in [4.78, 5) is 41.4. The number of amides is 3. The average molecular weight is 533 g/mol. The van der Waals surface area contributed by atoms with Crippen molar-refractivity contribution in [1.29, 1.82) is 0 Å². The van der Waals surface area contributed by atoms with Gasteiger partial charge in [0.25, 0.3) is 0 Å². The summed E-state index contributed by atoms with van der Waals surface area (Å²) < 4.78 is 52.5. The maximum absolute atomic E-state index is 13.3. The van der Waals surface area contributed by atoms with E-state index in [0.717, 1.165) is 10.5 Å². The lowest BCUT2D eigenvalue weighted by molar-refractivity contribution is -0.384. The highest BCUT2D eigenvalue weighted by Gasteiger charge is 2.46. The quantitative estimate of drug-likeness (QED) is 0.304. The van der Waals surface area contributed by atoms with E-state index in [9.17, 15) is 37.3 Å². The van der Waals surface area contributed by atoms with Crippen LogP contribution in [0, 0.1) is 21.8 Å². The minimum atomic E-state index is -4.91. The standard InChI is InChI=1S/C23H19F4N7O4/c24-16-3-1-14(2-4-16)17-5-6-18(34(37)38)20(29-17)30-22(36)32-11-15-7-28-33(19(15)12-32)10-13-8-31(9-13)21(35)23(25,26)27/h1-7,13H,8-12H2,(H,29,30,36). The largest absolute Gasteiger partial charge is 0.471 e. The second-order valence-corrected chi connectivity index (χ2v) is 8.99. The summed E-state index contributed by atoms with van der Waals surface area (Å²) in [6.07, 6.45) is -3.36. The lowest BCUT2D eigenvalue weighted by atomic mass is 10.00. The summed E-state index contributed by atoms with van der Waals surface area (Å²) in [5.74, 6) is -2.81. The molecule has 38 heavy (non-hydrogen) atoms. The molecule has 1 fully saturated rings. The van der Waals surface area contributed by atoms with Crippen LogP contribution in [0.4, 0.5) is 33.9 Å². The molecule has 0 aliphatic carbocycles. The number of hydrogen-bond donors (Lipinski definition) is 1. The van der Waals surface area contributed by atoms with Gasteiger partial charge in [-0.2, -0.15) is 18.3 Å². The van der Waals surface area contributed by atoms with Crippen molar-refractivity contribution < 1.29 is 32.1 Å². The number of fused-ring (bicyclic) bond motifs is 1. The maximum atomic E-state index is 13.3. The molecule has 3 aromatic rings. The number of carbonyl (C=O) groups excluding carboxylic acids is 2. The average Bonchev–Trinajstić information content (AvgIpc) is 3.42. The summed E-state index contributed by atoms with van der Waals surface area (Å²) >= 11 is 0. The topological polar surface area (TPSA) is 126 Å². The van der Waals surface area contributed by atoms with E-state index >= 15 is 0 Å². The van der Waals surface area contributed by atoms with Crippen molar-refractivity contribution in [1.82, 2.24) is 24.6 Å². The Morgan fingerprint density at radius 3 is 2.45 bits per heavy atom. The molecule has 1 saturated heterocycles. The van der Waals surface area contributed by atoms with E-state index in [1.165, 1.54) is 41.3 Å². The van der Waals surface area contributed by atoms with Crippen LogP contribution in [0.25, 0.3) is 11.3 Å². The first-order valence-corrected chi connectivity index (χ1v) is 11.4. The van der Waals surface area contributed by atoms with E-state index < -0.39 is 34.5 Å². The Labute approximate surface area is 211 Å². The predicted octanol–water partition coefficient (Wildman–Crippen LogP) is 3.56. The van der Waals surface area contributed by atoms with Crippen LogP contribution >= 0.6 is 0 Å². The van der Waals surface area contributed by atoms with Gasteiger partial charge in [-0.15, -0.1) is 0 Å². The number of benzene rings is 1. The summed E-state index contributed by atoms with van der Waals surface area (Å²) in [6, 6.07) is 7.30. The van der Waals surface area contributed by atoms with Crippen LogP contribution < -0.4 is 5.32 Å². The minimum Gasteiger partial charge on any atom is -0.334 e. The van der Waals surface area contributed by atoms with Gasteiger partial charge in [-0.3, -0.25) is 24.9 Å². The van der Waals surface area contributed by atoms with Crippen molar-refractivity contribution in [2.45, 2.75) is 25.8 Å². The van der Waals surface area contributed by atoms with Gasteiger partial charge < -0.3 is 9.80 Å². The zero-order valence-corrected chi connectivity index (χ0v) is 19.5. The molecule has 2 aliphatic heterocycles. The van der Waals surface area contributed by atoms with Crippen molar-refractivity contribution >= 4 is 23.4 Å². The minimum absolute atomic E-state index is 0.0447. The van der Waals surface area contributed by atoms with Crippen molar-refractivity contribution in [2.24, 2.45) is 5.92 Å². The predicted molar refractivity (Wildman–Crippen MR) is 123 cm³/mol. The van der Waals surface area contributed by atoms with Crippen molar-refractivity contribution in [2.75, 3.05) is 18.4 Å². The van der Waals surface area contributed by atoms with Gasteiger partial charge in [0.1, 0.15) is 5.82 Å². The number of alkyl halides is 3. The fourth-order valence-corrected chi connectivity index (χ4v) is 4.44. The van der Waals surface area contributed by atoms with E-state index in [2.05, 4.69) is 15.4 Å². The molecule has 2 aliphatic rings. The number of urea groups is 1. The lowest BCUT2D eigenvalue weighted by Gasteiger charge is -2.39. The van der Waals surface area contributed by atoms with Crippen LogP contribution in [0.5, 0.6) is 0 Å². The van der Waals surface area contributed by atoms with Gasteiger partial charge in [0.05, 0.1) is 35.6 Å². The van der Waals surface area contributed by atoms with Crippen LogP contribution in [0.1, 0.15) is 11.3 Å². The van der Waals surface area contributed by atoms with Crippen molar-refractivity contribution in [3.63, 3.8) is 0 Å². The third kappa shape index (κ3) is 4.86. The molecular formula is C23H19F4N7O4. The summed E-state index contributed by atoms with van der Waals surface area (Å²) in [5, 5.41) is 18.2. The molecule has 0 bridgehead atoms. The second-order valence-electron chi connectivity index (χ2n) is 8.99. The molecule has 198 valence electrons. The molecule has 1 N–H and O–H groups in total. The van der Waals surface area contributed by atoms with E-state index in [1.807, 2.05) is 0 Å². The first kappa shape index (κ1) is 25.1. The molecule has 4 heterocycles. The number of aromatic nitrogens is 3. The Kier molecular flexibility index (Phi) is 6.20. The number of nitro groups is 1. The van der Waals surface area contributed by atoms with Gasteiger partial charge >= 0.3 is 23.8 Å². The smallest absolute Gasteiger partial charge is 0.334 e. The second kappa shape index (κ2) is 9.39. The molecule has 0 atom stereocenters. The molecule has 5 rings (SSSR count). The van der Waals surface area contributed by atoms with Gasteiger partial charge in [0.2, 0.25) is 5.82 Å². The highest BCUT2D eigenvalue weighted by Crippen LogP contribution is 2.30. The first-order chi connectivity index (χ1) is 18.0. The Morgan fingerprint density at radius 1 is 1.08 bits per heavy atom. The van der Waals surface area contributed by atoms with Crippen LogP contribution in [0.15, 0.2) is 42.6 Å². The highest BCUT2D eigenvalue weighted by atomic mass is 19.4. The number of nitrogens with one attached hydrogen (secondary N) is 1. The third-order valence-electron chi connectivity index (χ3n) is 6.38. The molecule has 0 radical (unpaired) electrons. The van der Waals surface area contributed by atoms with Crippen LogP contribution in [-0.4, -0.2) is 60.7 Å². The van der Waals surface area contributed by atoms with Gasteiger partial charge in [-0.25, -0.2) is 14.2 Å². The van der Waals surface area contributed by atoms with E-state index in [4.69, 9.17) is 0 Å². The summed E-state index contributed by atoms with van der Waals surface area (Å²) in [7, 11) is 0. The monoisotopic (exact) mass is 533 g/mol. The number of hydrogen-bond acceptors (Lipinski definition) is 6. The SMILES string of the molecule is O=C(Nc1nc(-c2ccc(F)cc2)ccc1[N+](=O)[O-])N1Cc2cnn(CC3CN(C(=O)C(F)(F)F)C3)c2C1. The summed E-state index contributed by atoms with van der Waals surface area (Å²) in [6.45, 7) is 0.466. The Balaban J connectivity index is 1.25. The first-order valence-electron chi connectivity index (χ1n) is 11.4. The molecule has 0 saturated carbocycles. The van der Waals surface area contributed by atoms with Gasteiger partial charge in [0, 0.05) is 42.7 Å². The fraction of sp³-hybridized carbons (Fsp3) is 0.304. The zero-order chi connectivity index (χ0) is 27.2. The maximum Gasteiger partial charge on any atom is 0.471 e. The van der Waals surface area contributed by atoms with E-state index in [1.54, 1.807) is 10.9 Å². The number of anilines is 1. The van der Waals surface area contributed by atoms with Crippen molar-refractivity contribution in [3.05, 3.63) is 69.8 Å². The van der Waals surface area contributed by atoms with Gasteiger partial charge in [-0.05, 0) is 30.3 Å². The molecule has 1 aromatic carbocycles. The van der Waals surface area contributed by atoms with Crippen molar-refractivity contribution in [3.8, 4) is 11.3 Å². The van der Waals surface area contributed by atoms with Crippen LogP contribution in [0.3, 0.4) is 0 Å². The number of likely N-dealkylation sites (tertiary alicyclic amines) is 1. The highest BCUT2D eigenvalue weighted by molar-refractivity contribution is 5.91. The number of rotatable bonds is 5. The number of pyridine rings is 1. The molecule has 2 aromatic heterocycles. The van der Waals surface area contributed by atoms with Gasteiger partial charge in [0.15, 0.2) is 0 Å². The summed E-state index contributed by atoms with van der Waals surface area (Å²) in [5.41, 5.74) is 1.78. The Morgan fingerprint density at radius 2 is 1.79 bits per heavy atom. The number of carbonyl (C=O) groups is 2. The van der Waals surface area contributed by atoms with Gasteiger partial charge in [-0.1, -0.05) is 0 Å².